The van der Waals surface area contributed by atoms with Gasteiger partial charge in [0.1, 0.15) is 5.82 Å². The lowest BCUT2D eigenvalue weighted by Crippen LogP contribution is -2.15. The van der Waals surface area contributed by atoms with Crippen molar-refractivity contribution in [2.45, 2.75) is 18.0 Å². The molecule has 2 rings (SSSR count). The zero-order valence-electron chi connectivity index (χ0n) is 11.0. The molecule has 0 aliphatic rings. The molecule has 2 aromatic carbocycles. The Bertz CT molecular complexity index is 733. The summed E-state index contributed by atoms with van der Waals surface area (Å²) >= 11 is 5.81. The predicted molar refractivity (Wildman–Crippen MR) is 79.8 cm³/mol. The second kappa shape index (κ2) is 6.53. The molecule has 0 spiro atoms. The van der Waals surface area contributed by atoms with E-state index >= 15 is 0 Å². The first-order valence-electron chi connectivity index (χ1n) is 6.12. The summed E-state index contributed by atoms with van der Waals surface area (Å²) in [7, 11) is -3.68. The van der Waals surface area contributed by atoms with Gasteiger partial charge in [-0.05, 0) is 35.9 Å². The van der Waals surface area contributed by atoms with Crippen molar-refractivity contribution in [3.63, 3.8) is 0 Å². The smallest absolute Gasteiger partial charge is 0.238 e. The summed E-state index contributed by atoms with van der Waals surface area (Å²) in [5.41, 5.74) is 1.34. The molecule has 3 N–H and O–H groups in total. The van der Waals surface area contributed by atoms with Gasteiger partial charge >= 0.3 is 0 Å². The predicted octanol–water partition coefficient (Wildman–Crippen LogP) is 2.42. The number of halogens is 2. The lowest BCUT2D eigenvalue weighted by atomic mass is 10.2. The van der Waals surface area contributed by atoms with Gasteiger partial charge in [0, 0.05) is 23.7 Å². The van der Waals surface area contributed by atoms with Gasteiger partial charge in [0.15, 0.2) is 0 Å². The molecule has 0 atom stereocenters. The number of primary sulfonamides is 1. The highest BCUT2D eigenvalue weighted by Gasteiger charge is 2.07. The minimum absolute atomic E-state index is 0.0622. The van der Waals surface area contributed by atoms with E-state index in [1.54, 1.807) is 18.2 Å². The molecule has 0 amide bonds. The Hall–Kier alpha value is -1.47. The van der Waals surface area contributed by atoms with E-state index < -0.39 is 10.0 Å². The average Bonchev–Trinajstić information content (AvgIpc) is 2.42. The molecule has 0 radical (unpaired) electrons. The molecule has 0 saturated heterocycles. The summed E-state index contributed by atoms with van der Waals surface area (Å²) < 4.78 is 35.7. The number of hydrogen-bond acceptors (Lipinski definition) is 3. The highest BCUT2D eigenvalue weighted by Crippen LogP contribution is 2.15. The van der Waals surface area contributed by atoms with Crippen LogP contribution < -0.4 is 10.5 Å². The van der Waals surface area contributed by atoms with E-state index in [2.05, 4.69) is 5.32 Å². The summed E-state index contributed by atoms with van der Waals surface area (Å²) in [6.45, 7) is 0.792. The monoisotopic (exact) mass is 328 g/mol. The van der Waals surface area contributed by atoms with E-state index in [-0.39, 0.29) is 10.7 Å². The maximum Gasteiger partial charge on any atom is 0.238 e. The van der Waals surface area contributed by atoms with Crippen LogP contribution in [0.3, 0.4) is 0 Å². The summed E-state index contributed by atoms with van der Waals surface area (Å²) in [5, 5.41) is 8.56. The van der Waals surface area contributed by atoms with Crippen molar-refractivity contribution in [3.8, 4) is 0 Å². The summed E-state index contributed by atoms with van der Waals surface area (Å²) in [4.78, 5) is 0.0622. The highest BCUT2D eigenvalue weighted by atomic mass is 35.5. The molecule has 0 fully saturated rings. The number of benzene rings is 2. The molecule has 0 bridgehead atoms. The van der Waals surface area contributed by atoms with Crippen molar-refractivity contribution in [2.24, 2.45) is 5.14 Å². The van der Waals surface area contributed by atoms with E-state index in [0.29, 0.717) is 23.7 Å². The number of rotatable bonds is 5. The molecular weight excluding hydrogens is 315 g/mol. The Kier molecular flexibility index (Phi) is 4.95. The van der Waals surface area contributed by atoms with Crippen LogP contribution in [0.4, 0.5) is 4.39 Å². The normalized spacial score (nSPS) is 11.6. The average molecular weight is 329 g/mol. The number of sulfonamides is 1. The summed E-state index contributed by atoms with van der Waals surface area (Å²) in [6, 6.07) is 10.6. The lowest BCUT2D eigenvalue weighted by molar-refractivity contribution is 0.587. The minimum Gasteiger partial charge on any atom is -0.309 e. The molecule has 0 heterocycles. The Labute approximate surface area is 127 Å². The topological polar surface area (TPSA) is 72.2 Å². The maximum absolute atomic E-state index is 13.5. The van der Waals surface area contributed by atoms with E-state index in [1.807, 2.05) is 0 Å². The second-order valence-corrected chi connectivity index (χ2v) is 6.53. The molecule has 0 aliphatic heterocycles. The molecular formula is C14H14ClFN2O2S. The van der Waals surface area contributed by atoms with E-state index in [1.165, 1.54) is 24.3 Å². The SMILES string of the molecule is NS(=O)(=O)c1ccc(CNCc2cc(Cl)ccc2F)cc1. The lowest BCUT2D eigenvalue weighted by Gasteiger charge is -2.07. The number of hydrogen-bond donors (Lipinski definition) is 2. The van der Waals surface area contributed by atoms with Crippen LogP contribution in [-0.2, 0) is 23.1 Å². The van der Waals surface area contributed by atoms with Gasteiger partial charge in [-0.25, -0.2) is 17.9 Å². The fraction of sp³-hybridized carbons (Fsp3) is 0.143. The molecule has 21 heavy (non-hydrogen) atoms. The van der Waals surface area contributed by atoms with Gasteiger partial charge in [0.2, 0.25) is 10.0 Å². The van der Waals surface area contributed by atoms with Gasteiger partial charge < -0.3 is 5.32 Å². The Morgan fingerprint density at radius 3 is 2.38 bits per heavy atom. The van der Waals surface area contributed by atoms with Crippen molar-refractivity contribution in [1.29, 1.82) is 0 Å². The number of nitrogens with one attached hydrogen (secondary N) is 1. The van der Waals surface area contributed by atoms with Gasteiger partial charge in [0.05, 0.1) is 4.90 Å². The van der Waals surface area contributed by atoms with Crippen molar-refractivity contribution >= 4 is 21.6 Å². The van der Waals surface area contributed by atoms with Crippen molar-refractivity contribution in [3.05, 3.63) is 64.4 Å². The van der Waals surface area contributed by atoms with Crippen LogP contribution in [-0.4, -0.2) is 8.42 Å². The second-order valence-electron chi connectivity index (χ2n) is 4.53. The van der Waals surface area contributed by atoms with E-state index in [4.69, 9.17) is 16.7 Å². The fourth-order valence-corrected chi connectivity index (χ4v) is 2.53. The summed E-state index contributed by atoms with van der Waals surface area (Å²) in [5.74, 6) is -0.323. The molecule has 4 nitrogen and oxygen atoms in total. The first-order valence-corrected chi connectivity index (χ1v) is 8.05. The van der Waals surface area contributed by atoms with Crippen LogP contribution in [0.25, 0.3) is 0 Å². The quantitative estimate of drug-likeness (QED) is 0.885. The molecule has 0 saturated carbocycles. The Morgan fingerprint density at radius 2 is 1.76 bits per heavy atom. The van der Waals surface area contributed by atoms with Gasteiger partial charge in [-0.3, -0.25) is 0 Å². The number of nitrogens with two attached hydrogens (primary N) is 1. The first kappa shape index (κ1) is 15.9. The fourth-order valence-electron chi connectivity index (χ4n) is 1.82. The highest BCUT2D eigenvalue weighted by molar-refractivity contribution is 7.89. The molecule has 0 unspecified atom stereocenters. The largest absolute Gasteiger partial charge is 0.309 e. The summed E-state index contributed by atoms with van der Waals surface area (Å²) in [6.07, 6.45) is 0. The molecule has 112 valence electrons. The van der Waals surface area contributed by atoms with E-state index in [9.17, 15) is 12.8 Å². The minimum atomic E-state index is -3.68. The van der Waals surface area contributed by atoms with Crippen LogP contribution in [0.2, 0.25) is 5.02 Å². The third-order valence-electron chi connectivity index (χ3n) is 2.90. The van der Waals surface area contributed by atoms with Crippen LogP contribution >= 0.6 is 11.6 Å². The Morgan fingerprint density at radius 1 is 1.10 bits per heavy atom. The van der Waals surface area contributed by atoms with Crippen molar-refractivity contribution in [2.75, 3.05) is 0 Å². The van der Waals surface area contributed by atoms with Gasteiger partial charge in [-0.2, -0.15) is 0 Å². The van der Waals surface area contributed by atoms with Crippen LogP contribution in [0.1, 0.15) is 11.1 Å². The third kappa shape index (κ3) is 4.50. The maximum atomic E-state index is 13.5. The molecule has 7 heteroatoms. The zero-order valence-corrected chi connectivity index (χ0v) is 12.6. The van der Waals surface area contributed by atoms with Gasteiger partial charge in [0.25, 0.3) is 0 Å². The van der Waals surface area contributed by atoms with Crippen LogP contribution in [0.15, 0.2) is 47.4 Å². The third-order valence-corrected chi connectivity index (χ3v) is 4.07. The zero-order chi connectivity index (χ0) is 15.5. The first-order chi connectivity index (χ1) is 9.86. The van der Waals surface area contributed by atoms with Crippen LogP contribution in [0.5, 0.6) is 0 Å². The standard InChI is InChI=1S/C14H14ClFN2O2S/c15-12-3-6-14(16)11(7-12)9-18-8-10-1-4-13(5-2-10)21(17,19)20/h1-7,18H,8-9H2,(H2,17,19,20). The van der Waals surface area contributed by atoms with Crippen molar-refractivity contribution in [1.82, 2.24) is 5.32 Å². The van der Waals surface area contributed by atoms with E-state index in [0.717, 1.165) is 5.56 Å². The van der Waals surface area contributed by atoms with Crippen molar-refractivity contribution < 1.29 is 12.8 Å². The van der Waals surface area contributed by atoms with Gasteiger partial charge in [-0.15, -0.1) is 0 Å². The molecule has 0 aliphatic carbocycles. The molecule has 2 aromatic rings. The van der Waals surface area contributed by atoms with Gasteiger partial charge in [-0.1, -0.05) is 23.7 Å². The Balaban J connectivity index is 1.96. The molecule has 0 aromatic heterocycles. The van der Waals surface area contributed by atoms with Crippen LogP contribution in [0, 0.1) is 5.82 Å².